The van der Waals surface area contributed by atoms with Gasteiger partial charge in [0.05, 0.1) is 6.04 Å². The van der Waals surface area contributed by atoms with Gasteiger partial charge in [-0.25, -0.2) is 4.79 Å². The van der Waals surface area contributed by atoms with E-state index in [4.69, 9.17) is 4.74 Å². The average molecular weight is 341 g/mol. The van der Waals surface area contributed by atoms with Gasteiger partial charge in [-0.3, -0.25) is 4.79 Å². The Balaban J connectivity index is 1.84. The molecule has 0 radical (unpaired) electrons. The van der Waals surface area contributed by atoms with Crippen molar-refractivity contribution in [3.63, 3.8) is 0 Å². The molecule has 0 unspecified atom stereocenters. The molecule has 0 aliphatic heterocycles. The number of methoxy groups -OCH3 is 1. The standard InChI is InChI=1S/C19H23N3O3/c1-14(16-8-4-3-5-9-16)21-19(24)20-12-15-7-6-10-17(11-15)22-18(23)13-25-2/h3-11,14H,12-13H2,1-2H3,(H,22,23)(H2,20,21,24)/t14-/m1/s1. The molecule has 0 aliphatic rings. The van der Waals surface area contributed by atoms with E-state index in [0.29, 0.717) is 12.2 Å². The smallest absolute Gasteiger partial charge is 0.315 e. The Morgan fingerprint density at radius 3 is 2.56 bits per heavy atom. The zero-order chi connectivity index (χ0) is 18.1. The molecule has 6 nitrogen and oxygen atoms in total. The number of benzene rings is 2. The minimum Gasteiger partial charge on any atom is -0.375 e. The van der Waals surface area contributed by atoms with E-state index in [1.54, 1.807) is 6.07 Å². The van der Waals surface area contributed by atoms with Crippen molar-refractivity contribution in [2.45, 2.75) is 19.5 Å². The number of urea groups is 1. The summed E-state index contributed by atoms with van der Waals surface area (Å²) >= 11 is 0. The second kappa shape index (κ2) is 9.44. The minimum absolute atomic E-state index is 0.00224. The largest absolute Gasteiger partial charge is 0.375 e. The van der Waals surface area contributed by atoms with Crippen LogP contribution in [0.1, 0.15) is 24.1 Å². The molecule has 2 aromatic carbocycles. The van der Waals surface area contributed by atoms with Crippen molar-refractivity contribution in [2.75, 3.05) is 19.0 Å². The van der Waals surface area contributed by atoms with Gasteiger partial charge in [-0.1, -0.05) is 42.5 Å². The average Bonchev–Trinajstić information content (AvgIpc) is 2.61. The lowest BCUT2D eigenvalue weighted by Crippen LogP contribution is -2.36. The summed E-state index contributed by atoms with van der Waals surface area (Å²) in [6, 6.07) is 16.7. The zero-order valence-electron chi connectivity index (χ0n) is 14.4. The Hall–Kier alpha value is -2.86. The number of amides is 3. The van der Waals surface area contributed by atoms with Crippen LogP contribution in [0.5, 0.6) is 0 Å². The Kier molecular flexibility index (Phi) is 6.98. The number of rotatable bonds is 7. The van der Waals surface area contributed by atoms with Crippen LogP contribution < -0.4 is 16.0 Å². The number of anilines is 1. The molecule has 0 heterocycles. The van der Waals surface area contributed by atoms with Crippen molar-refractivity contribution in [1.82, 2.24) is 10.6 Å². The van der Waals surface area contributed by atoms with E-state index >= 15 is 0 Å². The SMILES string of the molecule is COCC(=O)Nc1cccc(CNC(=O)N[C@H](C)c2ccccc2)c1. The lowest BCUT2D eigenvalue weighted by Gasteiger charge is -2.15. The van der Waals surface area contributed by atoms with Gasteiger partial charge in [-0.15, -0.1) is 0 Å². The lowest BCUT2D eigenvalue weighted by molar-refractivity contribution is -0.119. The second-order valence-electron chi connectivity index (χ2n) is 5.64. The van der Waals surface area contributed by atoms with Gasteiger partial charge in [-0.2, -0.15) is 0 Å². The van der Waals surface area contributed by atoms with Crippen molar-refractivity contribution in [3.8, 4) is 0 Å². The van der Waals surface area contributed by atoms with Crippen LogP contribution in [0.4, 0.5) is 10.5 Å². The number of carbonyl (C=O) groups is 2. The molecule has 6 heteroatoms. The molecule has 0 aliphatic carbocycles. The van der Waals surface area contributed by atoms with Gasteiger partial charge >= 0.3 is 6.03 Å². The molecule has 132 valence electrons. The Morgan fingerprint density at radius 2 is 1.84 bits per heavy atom. The highest BCUT2D eigenvalue weighted by atomic mass is 16.5. The van der Waals surface area contributed by atoms with Crippen LogP contribution in [0.3, 0.4) is 0 Å². The number of hydrogen-bond acceptors (Lipinski definition) is 3. The minimum atomic E-state index is -0.245. The molecule has 0 saturated carbocycles. The van der Waals surface area contributed by atoms with Crippen LogP contribution in [-0.4, -0.2) is 25.7 Å². The van der Waals surface area contributed by atoms with Crippen LogP contribution in [-0.2, 0) is 16.1 Å². The van der Waals surface area contributed by atoms with Gasteiger partial charge in [0, 0.05) is 19.3 Å². The van der Waals surface area contributed by atoms with Gasteiger partial charge in [-0.05, 0) is 30.2 Å². The van der Waals surface area contributed by atoms with Gasteiger partial charge in [0.2, 0.25) is 5.91 Å². The fourth-order valence-corrected chi connectivity index (χ4v) is 2.34. The first kappa shape index (κ1) is 18.5. The summed E-state index contributed by atoms with van der Waals surface area (Å²) < 4.78 is 4.78. The first-order chi connectivity index (χ1) is 12.1. The third-order valence-corrected chi connectivity index (χ3v) is 3.59. The van der Waals surface area contributed by atoms with E-state index in [2.05, 4.69) is 16.0 Å². The maximum Gasteiger partial charge on any atom is 0.315 e. The maximum absolute atomic E-state index is 12.0. The quantitative estimate of drug-likeness (QED) is 0.724. The van der Waals surface area contributed by atoms with E-state index < -0.39 is 0 Å². The van der Waals surface area contributed by atoms with Crippen molar-refractivity contribution in [2.24, 2.45) is 0 Å². The fraction of sp³-hybridized carbons (Fsp3) is 0.263. The number of nitrogens with one attached hydrogen (secondary N) is 3. The topological polar surface area (TPSA) is 79.5 Å². The van der Waals surface area contributed by atoms with E-state index in [1.165, 1.54) is 7.11 Å². The molecule has 3 N–H and O–H groups in total. The highest BCUT2D eigenvalue weighted by molar-refractivity contribution is 5.91. The molecule has 3 amide bonds. The molecule has 0 fully saturated rings. The predicted octanol–water partition coefficient (Wildman–Crippen LogP) is 2.83. The van der Waals surface area contributed by atoms with Gasteiger partial charge in [0.25, 0.3) is 0 Å². The summed E-state index contributed by atoms with van der Waals surface area (Å²) in [5.74, 6) is -0.220. The third-order valence-electron chi connectivity index (χ3n) is 3.59. The van der Waals surface area contributed by atoms with Crippen LogP contribution in [0, 0.1) is 0 Å². The van der Waals surface area contributed by atoms with Crippen LogP contribution in [0.15, 0.2) is 54.6 Å². The van der Waals surface area contributed by atoms with E-state index in [-0.39, 0.29) is 24.6 Å². The molecule has 0 bridgehead atoms. The van der Waals surface area contributed by atoms with Gasteiger partial charge in [0.1, 0.15) is 6.61 Å². The van der Waals surface area contributed by atoms with Crippen LogP contribution >= 0.6 is 0 Å². The summed E-state index contributed by atoms with van der Waals surface area (Å²) in [7, 11) is 1.47. The molecular weight excluding hydrogens is 318 g/mol. The Labute approximate surface area is 147 Å². The molecule has 0 saturated heterocycles. The zero-order valence-corrected chi connectivity index (χ0v) is 14.4. The summed E-state index contributed by atoms with van der Waals surface area (Å²) in [4.78, 5) is 23.6. The first-order valence-corrected chi connectivity index (χ1v) is 8.05. The predicted molar refractivity (Wildman–Crippen MR) is 97.2 cm³/mol. The summed E-state index contributed by atoms with van der Waals surface area (Å²) in [6.07, 6.45) is 0. The number of carbonyl (C=O) groups excluding carboxylic acids is 2. The van der Waals surface area contributed by atoms with Gasteiger partial charge in [0.15, 0.2) is 0 Å². The lowest BCUT2D eigenvalue weighted by atomic mass is 10.1. The van der Waals surface area contributed by atoms with Crippen molar-refractivity contribution in [1.29, 1.82) is 0 Å². The highest BCUT2D eigenvalue weighted by Crippen LogP contribution is 2.12. The normalized spacial score (nSPS) is 11.4. The van der Waals surface area contributed by atoms with E-state index in [0.717, 1.165) is 11.1 Å². The maximum atomic E-state index is 12.0. The van der Waals surface area contributed by atoms with Crippen LogP contribution in [0.2, 0.25) is 0 Å². The molecule has 25 heavy (non-hydrogen) atoms. The van der Waals surface area contributed by atoms with Crippen molar-refractivity contribution in [3.05, 3.63) is 65.7 Å². The van der Waals surface area contributed by atoms with Crippen LogP contribution in [0.25, 0.3) is 0 Å². The highest BCUT2D eigenvalue weighted by Gasteiger charge is 2.09. The molecule has 2 aromatic rings. The molecule has 0 spiro atoms. The van der Waals surface area contributed by atoms with Crippen molar-refractivity contribution < 1.29 is 14.3 Å². The fourth-order valence-electron chi connectivity index (χ4n) is 2.34. The summed E-state index contributed by atoms with van der Waals surface area (Å²) in [6.45, 7) is 2.30. The molecule has 1 atom stereocenters. The molecule has 0 aromatic heterocycles. The van der Waals surface area contributed by atoms with Gasteiger partial charge < -0.3 is 20.7 Å². The van der Waals surface area contributed by atoms with Crippen molar-refractivity contribution >= 4 is 17.6 Å². The first-order valence-electron chi connectivity index (χ1n) is 8.05. The number of hydrogen-bond donors (Lipinski definition) is 3. The molecule has 2 rings (SSSR count). The van der Waals surface area contributed by atoms with E-state index in [9.17, 15) is 9.59 Å². The van der Waals surface area contributed by atoms with E-state index in [1.807, 2.05) is 55.5 Å². The summed E-state index contributed by atoms with van der Waals surface area (Å²) in [5.41, 5.74) is 2.60. The molecular formula is C19H23N3O3. The number of ether oxygens (including phenoxy) is 1. The third kappa shape index (κ3) is 6.27. The Bertz CT molecular complexity index is 704. The monoisotopic (exact) mass is 341 g/mol. The second-order valence-corrected chi connectivity index (χ2v) is 5.64. The Morgan fingerprint density at radius 1 is 1.08 bits per heavy atom. The summed E-state index contributed by atoms with van der Waals surface area (Å²) in [5, 5.41) is 8.44.